The van der Waals surface area contributed by atoms with Crippen LogP contribution in [-0.2, 0) is 0 Å². The van der Waals surface area contributed by atoms with Gasteiger partial charge in [0.25, 0.3) is 0 Å². The first-order valence-corrected chi connectivity index (χ1v) is 10.3. The van der Waals surface area contributed by atoms with Crippen LogP contribution in [0.4, 0.5) is 23.3 Å². The van der Waals surface area contributed by atoms with Crippen LogP contribution >= 0.6 is 11.6 Å². The first kappa shape index (κ1) is 20.7. The molecule has 4 rings (SSSR count). The second-order valence-electron chi connectivity index (χ2n) is 7.15. The summed E-state index contributed by atoms with van der Waals surface area (Å²) in [5.74, 6) is 0.691. The second-order valence-corrected chi connectivity index (χ2v) is 7.52. The largest absolute Gasteiger partial charge is 0.365 e. The van der Waals surface area contributed by atoms with E-state index in [0.29, 0.717) is 40.0 Å². The molecule has 0 aliphatic carbocycles. The fourth-order valence-electron chi connectivity index (χ4n) is 3.58. The van der Waals surface area contributed by atoms with Crippen molar-refractivity contribution in [2.24, 2.45) is 0 Å². The summed E-state index contributed by atoms with van der Waals surface area (Å²) in [6.07, 6.45) is 1.45. The lowest BCUT2D eigenvalue weighted by Gasteiger charge is -2.36. The van der Waals surface area contributed by atoms with Gasteiger partial charge in [-0.1, -0.05) is 11.6 Å². The monoisotopic (exact) mass is 436 g/mol. The van der Waals surface area contributed by atoms with Crippen LogP contribution in [0.3, 0.4) is 0 Å². The Balaban J connectivity index is 1.79. The molecule has 158 valence electrons. The Labute approximate surface area is 184 Å². The number of fused-ring (bicyclic) bond motifs is 1. The molecule has 3 heterocycles. The molecule has 31 heavy (non-hydrogen) atoms. The minimum Gasteiger partial charge on any atom is -0.365 e. The average molecular weight is 437 g/mol. The second kappa shape index (κ2) is 8.64. The van der Waals surface area contributed by atoms with Crippen molar-refractivity contribution >= 4 is 40.5 Å². The molecule has 1 atom stereocenters. The van der Waals surface area contributed by atoms with Gasteiger partial charge in [-0.15, -0.1) is 0 Å². The van der Waals surface area contributed by atoms with Gasteiger partial charge in [-0.3, -0.25) is 0 Å². The number of rotatable bonds is 5. The standard InChI is InChI=1S/C20H21ClN10/c1-3-25-20-29-19(28-18-14(9-23)11-26-31(18)20)27-15-6-13(8-22)7-16(17(15)21)30-5-4-24-10-12(30)2/h6-7,11-12,24H,3-5,10H2,1-2H3,(H2,25,27,28,29). The van der Waals surface area contributed by atoms with E-state index in [1.807, 2.05) is 6.92 Å². The lowest BCUT2D eigenvalue weighted by molar-refractivity contribution is 0.501. The molecule has 1 saturated heterocycles. The van der Waals surface area contributed by atoms with E-state index in [9.17, 15) is 10.5 Å². The molecular weight excluding hydrogens is 416 g/mol. The number of aromatic nitrogens is 4. The summed E-state index contributed by atoms with van der Waals surface area (Å²) in [6.45, 7) is 7.11. The Morgan fingerprint density at radius 2 is 2.13 bits per heavy atom. The van der Waals surface area contributed by atoms with Gasteiger partial charge in [0.1, 0.15) is 11.6 Å². The van der Waals surface area contributed by atoms with E-state index in [-0.39, 0.29) is 12.0 Å². The van der Waals surface area contributed by atoms with Gasteiger partial charge in [-0.05, 0) is 26.0 Å². The van der Waals surface area contributed by atoms with Crippen molar-refractivity contribution in [3.63, 3.8) is 0 Å². The quantitative estimate of drug-likeness (QED) is 0.552. The van der Waals surface area contributed by atoms with Crippen molar-refractivity contribution in [2.45, 2.75) is 19.9 Å². The number of nitriles is 2. The molecule has 3 N–H and O–H groups in total. The predicted octanol–water partition coefficient (Wildman–Crippen LogP) is 2.49. The maximum Gasteiger partial charge on any atom is 0.232 e. The smallest absolute Gasteiger partial charge is 0.232 e. The minimum absolute atomic E-state index is 0.228. The van der Waals surface area contributed by atoms with Gasteiger partial charge in [0, 0.05) is 32.2 Å². The molecule has 0 saturated carbocycles. The fourth-order valence-corrected chi connectivity index (χ4v) is 3.84. The zero-order valence-corrected chi connectivity index (χ0v) is 17.9. The van der Waals surface area contributed by atoms with Crippen molar-refractivity contribution in [2.75, 3.05) is 41.7 Å². The summed E-state index contributed by atoms with van der Waals surface area (Å²) in [7, 11) is 0. The van der Waals surface area contributed by atoms with E-state index in [1.165, 1.54) is 10.7 Å². The maximum atomic E-state index is 9.56. The Kier molecular flexibility index (Phi) is 5.76. The van der Waals surface area contributed by atoms with Gasteiger partial charge in [0.05, 0.1) is 34.2 Å². The lowest BCUT2D eigenvalue weighted by atomic mass is 10.1. The SMILES string of the molecule is CCNc1nc(Nc2cc(C#N)cc(N3CCNCC3C)c2Cl)nc2c(C#N)cnn12. The minimum atomic E-state index is 0.228. The Bertz CT molecular complexity index is 1210. The zero-order chi connectivity index (χ0) is 22.0. The number of hydrogen-bond acceptors (Lipinski definition) is 9. The highest BCUT2D eigenvalue weighted by atomic mass is 35.5. The highest BCUT2D eigenvalue weighted by Gasteiger charge is 2.23. The van der Waals surface area contributed by atoms with Crippen LogP contribution in [-0.4, -0.2) is 51.8 Å². The first-order chi connectivity index (χ1) is 15.0. The van der Waals surface area contributed by atoms with Crippen LogP contribution in [0.1, 0.15) is 25.0 Å². The van der Waals surface area contributed by atoms with E-state index >= 15 is 0 Å². The van der Waals surface area contributed by atoms with Crippen molar-refractivity contribution in [3.8, 4) is 12.1 Å². The van der Waals surface area contributed by atoms with Crippen molar-refractivity contribution < 1.29 is 0 Å². The van der Waals surface area contributed by atoms with Gasteiger partial charge >= 0.3 is 0 Å². The van der Waals surface area contributed by atoms with E-state index in [2.05, 4.69) is 55.0 Å². The van der Waals surface area contributed by atoms with Crippen LogP contribution < -0.4 is 20.9 Å². The fraction of sp³-hybridized carbons (Fsp3) is 0.350. The highest BCUT2D eigenvalue weighted by molar-refractivity contribution is 6.36. The molecule has 10 nitrogen and oxygen atoms in total. The molecule has 1 aliphatic heterocycles. The molecule has 0 amide bonds. The molecule has 2 aromatic heterocycles. The van der Waals surface area contributed by atoms with Crippen LogP contribution in [0.2, 0.25) is 5.02 Å². The molecule has 3 aromatic rings. The normalized spacial score (nSPS) is 16.0. The highest BCUT2D eigenvalue weighted by Crippen LogP contribution is 2.37. The number of piperazine rings is 1. The summed E-state index contributed by atoms with van der Waals surface area (Å²) >= 11 is 6.77. The van der Waals surface area contributed by atoms with Crippen LogP contribution in [0.5, 0.6) is 0 Å². The Morgan fingerprint density at radius 1 is 1.29 bits per heavy atom. The summed E-state index contributed by atoms with van der Waals surface area (Å²) in [5.41, 5.74) is 2.48. The topological polar surface area (TPSA) is 130 Å². The predicted molar refractivity (Wildman–Crippen MR) is 119 cm³/mol. The van der Waals surface area contributed by atoms with E-state index < -0.39 is 0 Å². The molecule has 1 unspecified atom stereocenters. The third-order valence-corrected chi connectivity index (χ3v) is 5.46. The number of benzene rings is 1. The summed E-state index contributed by atoms with van der Waals surface area (Å²) in [5, 5.41) is 33.2. The molecular formula is C20H21ClN10. The summed E-state index contributed by atoms with van der Waals surface area (Å²) < 4.78 is 1.48. The number of anilines is 4. The van der Waals surface area contributed by atoms with Crippen LogP contribution in [0.25, 0.3) is 5.65 Å². The molecule has 1 aliphatic rings. The van der Waals surface area contributed by atoms with Gasteiger partial charge in [-0.2, -0.15) is 30.1 Å². The van der Waals surface area contributed by atoms with Crippen LogP contribution in [0, 0.1) is 22.7 Å². The lowest BCUT2D eigenvalue weighted by Crippen LogP contribution is -2.50. The number of hydrogen-bond donors (Lipinski definition) is 3. The van der Waals surface area contributed by atoms with Crippen molar-refractivity contribution in [1.82, 2.24) is 24.9 Å². The maximum absolute atomic E-state index is 9.56. The molecule has 1 aromatic carbocycles. The molecule has 0 radical (unpaired) electrons. The zero-order valence-electron chi connectivity index (χ0n) is 17.1. The average Bonchev–Trinajstić information content (AvgIpc) is 3.19. The Hall–Kier alpha value is -3.60. The number of halogens is 1. The number of nitrogens with one attached hydrogen (secondary N) is 3. The Morgan fingerprint density at radius 3 is 2.84 bits per heavy atom. The first-order valence-electron chi connectivity index (χ1n) is 9.93. The molecule has 0 spiro atoms. The third kappa shape index (κ3) is 3.91. The van der Waals surface area contributed by atoms with Crippen LogP contribution in [0.15, 0.2) is 18.3 Å². The van der Waals surface area contributed by atoms with Crippen molar-refractivity contribution in [3.05, 3.63) is 34.5 Å². The molecule has 0 bridgehead atoms. The van der Waals surface area contributed by atoms with Gasteiger partial charge in [0.2, 0.25) is 11.9 Å². The van der Waals surface area contributed by atoms with Gasteiger partial charge < -0.3 is 20.9 Å². The van der Waals surface area contributed by atoms with Crippen molar-refractivity contribution in [1.29, 1.82) is 10.5 Å². The van der Waals surface area contributed by atoms with Gasteiger partial charge in [0.15, 0.2) is 5.65 Å². The van der Waals surface area contributed by atoms with E-state index in [4.69, 9.17) is 11.6 Å². The number of nitrogens with zero attached hydrogens (tertiary/aromatic N) is 7. The van der Waals surface area contributed by atoms with Gasteiger partial charge in [-0.25, -0.2) is 0 Å². The van der Waals surface area contributed by atoms with E-state index in [0.717, 1.165) is 25.3 Å². The molecule has 11 heteroatoms. The molecule has 1 fully saturated rings. The third-order valence-electron chi connectivity index (χ3n) is 5.06. The summed E-state index contributed by atoms with van der Waals surface area (Å²) in [6, 6.07) is 7.98. The van der Waals surface area contributed by atoms with E-state index in [1.54, 1.807) is 12.1 Å². The summed E-state index contributed by atoms with van der Waals surface area (Å²) in [4.78, 5) is 11.1.